The molecule has 0 amide bonds. The van der Waals surface area contributed by atoms with E-state index in [4.69, 9.17) is 0 Å². The van der Waals surface area contributed by atoms with Crippen molar-refractivity contribution in [1.29, 1.82) is 0 Å². The van der Waals surface area contributed by atoms with Crippen LogP contribution in [0.3, 0.4) is 0 Å². The Hall–Kier alpha value is -2.17. The van der Waals surface area contributed by atoms with E-state index in [0.29, 0.717) is 11.1 Å². The Bertz CT molecular complexity index is 533. The zero-order valence-electron chi connectivity index (χ0n) is 9.03. The Kier molecular flexibility index (Phi) is 3.14. The summed E-state index contributed by atoms with van der Waals surface area (Å²) in [6, 6.07) is 12.7. The fourth-order valence-electron chi connectivity index (χ4n) is 1.48. The lowest BCUT2D eigenvalue weighted by Crippen LogP contribution is -2.16. The topological polar surface area (TPSA) is 29.5 Å². The van der Waals surface area contributed by atoms with Crippen molar-refractivity contribution in [3.8, 4) is 22.6 Å². The van der Waals surface area contributed by atoms with E-state index in [0.717, 1.165) is 0 Å². The third kappa shape index (κ3) is 2.94. The van der Waals surface area contributed by atoms with Gasteiger partial charge in [0.2, 0.25) is 0 Å². The van der Waals surface area contributed by atoms with Gasteiger partial charge in [-0.05, 0) is 29.8 Å². The predicted molar refractivity (Wildman–Crippen MR) is 59.1 cm³/mol. The van der Waals surface area contributed by atoms with Crippen LogP contribution in [0.4, 0.5) is 13.2 Å². The van der Waals surface area contributed by atoms with Crippen LogP contribution >= 0.6 is 0 Å². The molecule has 0 spiro atoms. The van der Waals surface area contributed by atoms with Crippen LogP contribution < -0.4 is 4.74 Å². The Morgan fingerprint density at radius 2 is 1.72 bits per heavy atom. The van der Waals surface area contributed by atoms with E-state index in [9.17, 15) is 18.3 Å². The zero-order chi connectivity index (χ0) is 13.2. The summed E-state index contributed by atoms with van der Waals surface area (Å²) in [4.78, 5) is 0. The van der Waals surface area contributed by atoms with Gasteiger partial charge < -0.3 is 9.84 Å². The van der Waals surface area contributed by atoms with Crippen molar-refractivity contribution in [3.05, 3.63) is 48.5 Å². The van der Waals surface area contributed by atoms with Gasteiger partial charge in [-0.1, -0.05) is 24.3 Å². The van der Waals surface area contributed by atoms with Gasteiger partial charge in [-0.15, -0.1) is 13.2 Å². The minimum absolute atomic E-state index is 0.0157. The summed E-state index contributed by atoms with van der Waals surface area (Å²) in [5.74, 6) is -0.288. The van der Waals surface area contributed by atoms with Crippen molar-refractivity contribution in [2.75, 3.05) is 0 Å². The number of phenolic OH excluding ortho intramolecular Hbond substituents is 1. The fraction of sp³-hybridized carbons (Fsp3) is 0.0769. The van der Waals surface area contributed by atoms with Crippen molar-refractivity contribution in [3.63, 3.8) is 0 Å². The second kappa shape index (κ2) is 4.60. The number of ether oxygens (including phenoxy) is 1. The maximum atomic E-state index is 12.0. The number of aromatic hydroxyl groups is 1. The summed E-state index contributed by atoms with van der Waals surface area (Å²) in [5, 5.41) is 9.58. The SMILES string of the molecule is Oc1ccc[c]c1-c1ccc(OC(F)(F)F)cc1. The lowest BCUT2D eigenvalue weighted by Gasteiger charge is -2.09. The Morgan fingerprint density at radius 3 is 2.28 bits per heavy atom. The lowest BCUT2D eigenvalue weighted by molar-refractivity contribution is -0.274. The molecule has 2 nitrogen and oxygen atoms in total. The van der Waals surface area contributed by atoms with E-state index in [2.05, 4.69) is 10.8 Å². The molecule has 0 unspecified atom stereocenters. The summed E-state index contributed by atoms with van der Waals surface area (Å²) >= 11 is 0. The molecular formula is C13H8F3O2. The molecule has 0 saturated carbocycles. The number of phenols is 1. The van der Waals surface area contributed by atoms with Crippen LogP contribution in [0.5, 0.6) is 11.5 Å². The maximum Gasteiger partial charge on any atom is 0.573 e. The molecule has 0 atom stereocenters. The average molecular weight is 253 g/mol. The molecule has 2 aromatic carbocycles. The van der Waals surface area contributed by atoms with Crippen LogP contribution in [0, 0.1) is 6.07 Å². The summed E-state index contributed by atoms with van der Waals surface area (Å²) in [6.07, 6.45) is -4.71. The van der Waals surface area contributed by atoms with E-state index in [-0.39, 0.29) is 11.5 Å². The van der Waals surface area contributed by atoms with Crippen LogP contribution in [-0.4, -0.2) is 11.5 Å². The normalized spacial score (nSPS) is 11.3. The van der Waals surface area contributed by atoms with Crippen LogP contribution in [0.2, 0.25) is 0 Å². The molecule has 0 aliphatic rings. The molecule has 93 valence electrons. The fourth-order valence-corrected chi connectivity index (χ4v) is 1.48. The van der Waals surface area contributed by atoms with Crippen LogP contribution in [0.15, 0.2) is 42.5 Å². The van der Waals surface area contributed by atoms with Gasteiger partial charge in [-0.3, -0.25) is 0 Å². The van der Waals surface area contributed by atoms with Gasteiger partial charge in [-0.2, -0.15) is 0 Å². The van der Waals surface area contributed by atoms with Crippen LogP contribution in [0.1, 0.15) is 0 Å². The first kappa shape index (κ1) is 12.3. The Balaban J connectivity index is 2.26. The standard InChI is InChI=1S/C13H8F3O2/c14-13(15,16)18-10-7-5-9(6-8-10)11-3-1-2-4-12(11)17/h1-2,4-8,17H. The molecule has 0 saturated heterocycles. The first-order valence-electron chi connectivity index (χ1n) is 5.01. The van der Waals surface area contributed by atoms with Gasteiger partial charge in [0.15, 0.2) is 0 Å². The number of rotatable bonds is 2. The van der Waals surface area contributed by atoms with Crippen LogP contribution in [0.25, 0.3) is 11.1 Å². The highest BCUT2D eigenvalue weighted by atomic mass is 19.4. The molecule has 0 heterocycles. The first-order chi connectivity index (χ1) is 8.46. The molecular weight excluding hydrogens is 245 g/mol. The highest BCUT2D eigenvalue weighted by Crippen LogP contribution is 2.30. The van der Waals surface area contributed by atoms with Crippen LogP contribution in [-0.2, 0) is 0 Å². The molecule has 2 rings (SSSR count). The van der Waals surface area contributed by atoms with Crippen molar-refractivity contribution >= 4 is 0 Å². The molecule has 5 heteroatoms. The zero-order valence-corrected chi connectivity index (χ0v) is 9.03. The van der Waals surface area contributed by atoms with Gasteiger partial charge in [0.25, 0.3) is 0 Å². The molecule has 18 heavy (non-hydrogen) atoms. The highest BCUT2D eigenvalue weighted by molar-refractivity contribution is 5.69. The molecule has 0 aromatic heterocycles. The van der Waals surface area contributed by atoms with Crippen molar-refractivity contribution in [1.82, 2.24) is 0 Å². The van der Waals surface area contributed by atoms with Gasteiger partial charge in [-0.25, -0.2) is 0 Å². The quantitative estimate of drug-likeness (QED) is 0.883. The minimum Gasteiger partial charge on any atom is -0.507 e. The van der Waals surface area contributed by atoms with E-state index < -0.39 is 6.36 Å². The van der Waals surface area contributed by atoms with Crippen molar-refractivity contribution < 1.29 is 23.0 Å². The largest absolute Gasteiger partial charge is 0.573 e. The maximum absolute atomic E-state index is 12.0. The van der Waals surface area contributed by atoms with Crippen molar-refractivity contribution in [2.45, 2.75) is 6.36 Å². The highest BCUT2D eigenvalue weighted by Gasteiger charge is 2.30. The van der Waals surface area contributed by atoms with Gasteiger partial charge in [0.1, 0.15) is 11.5 Å². The number of hydrogen-bond acceptors (Lipinski definition) is 2. The third-order valence-corrected chi connectivity index (χ3v) is 2.21. The molecule has 1 radical (unpaired) electrons. The van der Waals surface area contributed by atoms with E-state index >= 15 is 0 Å². The first-order valence-corrected chi connectivity index (χ1v) is 5.01. The summed E-state index contributed by atoms with van der Waals surface area (Å²) in [6.45, 7) is 0. The van der Waals surface area contributed by atoms with E-state index in [1.807, 2.05) is 0 Å². The minimum atomic E-state index is -4.71. The monoisotopic (exact) mass is 253 g/mol. The van der Waals surface area contributed by atoms with Gasteiger partial charge in [0.05, 0.1) is 0 Å². The molecule has 1 N–H and O–H groups in total. The lowest BCUT2D eigenvalue weighted by atomic mass is 10.0. The third-order valence-electron chi connectivity index (χ3n) is 2.21. The number of alkyl halides is 3. The van der Waals surface area contributed by atoms with Gasteiger partial charge in [0, 0.05) is 5.56 Å². The Labute approximate surface area is 101 Å². The van der Waals surface area contributed by atoms with E-state index in [1.54, 1.807) is 12.1 Å². The van der Waals surface area contributed by atoms with E-state index in [1.165, 1.54) is 30.3 Å². The molecule has 0 aliphatic heterocycles. The number of halogens is 3. The molecule has 2 aromatic rings. The van der Waals surface area contributed by atoms with Crippen molar-refractivity contribution in [2.24, 2.45) is 0 Å². The molecule has 0 aliphatic carbocycles. The second-order valence-corrected chi connectivity index (χ2v) is 3.50. The molecule has 0 fully saturated rings. The smallest absolute Gasteiger partial charge is 0.507 e. The summed E-state index contributed by atoms with van der Waals surface area (Å²) in [7, 11) is 0. The second-order valence-electron chi connectivity index (χ2n) is 3.50. The van der Waals surface area contributed by atoms with Gasteiger partial charge >= 0.3 is 6.36 Å². The predicted octanol–water partition coefficient (Wildman–Crippen LogP) is 3.76. The summed E-state index contributed by atoms with van der Waals surface area (Å²) < 4.78 is 39.6. The average Bonchev–Trinajstić information content (AvgIpc) is 2.29. The molecule has 0 bridgehead atoms. The Morgan fingerprint density at radius 1 is 1.06 bits per heavy atom. The number of hydrogen-bond donors (Lipinski definition) is 1. The summed E-state index contributed by atoms with van der Waals surface area (Å²) in [5.41, 5.74) is 0.985. The number of benzene rings is 2.